The Bertz CT molecular complexity index is 825. The average Bonchev–Trinajstić information content (AvgIpc) is 3.19. The van der Waals surface area contributed by atoms with E-state index >= 15 is 0 Å². The van der Waals surface area contributed by atoms with Gasteiger partial charge < -0.3 is 15.1 Å². The number of nitrogens with zero attached hydrogens (tertiary/aromatic N) is 5. The number of aryl methyl sites for hydroxylation is 2. The van der Waals surface area contributed by atoms with Crippen molar-refractivity contribution in [3.63, 3.8) is 0 Å². The van der Waals surface area contributed by atoms with Gasteiger partial charge in [0.15, 0.2) is 5.82 Å². The topological polar surface area (TPSA) is 83.4 Å². The Kier molecular flexibility index (Phi) is 6.64. The zero-order valence-corrected chi connectivity index (χ0v) is 17.5. The Morgan fingerprint density at radius 1 is 1.17 bits per heavy atom. The number of hydrogen-bond acceptors (Lipinski definition) is 5. The number of anilines is 1. The molecule has 1 aliphatic rings. The monoisotopic (exact) mass is 398 g/mol. The lowest BCUT2D eigenvalue weighted by Crippen LogP contribution is -2.54. The number of amides is 2. The lowest BCUT2D eigenvalue weighted by atomic mass is 9.84. The second kappa shape index (κ2) is 9.17. The van der Waals surface area contributed by atoms with E-state index in [1.165, 1.54) is 5.56 Å². The molecule has 156 valence electrons. The van der Waals surface area contributed by atoms with E-state index in [4.69, 9.17) is 0 Å². The highest BCUT2D eigenvalue weighted by atomic mass is 16.2. The summed E-state index contributed by atoms with van der Waals surface area (Å²) in [4.78, 5) is 32.8. The molecule has 1 aliphatic heterocycles. The van der Waals surface area contributed by atoms with Gasteiger partial charge in [0.1, 0.15) is 0 Å². The molecule has 1 fully saturated rings. The molecule has 2 amide bonds. The maximum absolute atomic E-state index is 12.5. The van der Waals surface area contributed by atoms with Crippen molar-refractivity contribution in [3.05, 3.63) is 42.4 Å². The van der Waals surface area contributed by atoms with Gasteiger partial charge in [0.25, 0.3) is 0 Å². The van der Waals surface area contributed by atoms with E-state index in [9.17, 15) is 9.59 Å². The summed E-state index contributed by atoms with van der Waals surface area (Å²) in [6.45, 7) is 4.05. The Morgan fingerprint density at radius 3 is 2.48 bits per heavy atom. The molecule has 2 aromatic rings. The molecule has 0 aromatic carbocycles. The molecule has 29 heavy (non-hydrogen) atoms. The second-order valence-corrected chi connectivity index (χ2v) is 7.79. The molecule has 3 rings (SSSR count). The second-order valence-electron chi connectivity index (χ2n) is 7.79. The van der Waals surface area contributed by atoms with Crippen molar-refractivity contribution >= 4 is 17.6 Å². The van der Waals surface area contributed by atoms with Gasteiger partial charge in [-0.15, -0.1) is 0 Å². The summed E-state index contributed by atoms with van der Waals surface area (Å²) in [5.41, 5.74) is 1.28. The highest BCUT2D eigenvalue weighted by Crippen LogP contribution is 2.30. The van der Waals surface area contributed by atoms with E-state index in [-0.39, 0.29) is 5.54 Å². The van der Waals surface area contributed by atoms with E-state index in [2.05, 4.69) is 41.3 Å². The SMILES string of the molecule is CCC1(N(C)C)CCN(C(=O)C(=O)Nc2ccn(CCc3ccncc3)n2)CC1. The third-order valence-electron chi connectivity index (χ3n) is 6.04. The summed E-state index contributed by atoms with van der Waals surface area (Å²) in [5, 5.41) is 6.98. The molecule has 0 spiro atoms. The quantitative estimate of drug-likeness (QED) is 0.750. The highest BCUT2D eigenvalue weighted by Gasteiger charge is 2.37. The van der Waals surface area contributed by atoms with Crippen LogP contribution in [-0.4, -0.2) is 69.1 Å². The predicted molar refractivity (Wildman–Crippen MR) is 111 cm³/mol. The molecule has 0 saturated carbocycles. The molecule has 8 nitrogen and oxygen atoms in total. The van der Waals surface area contributed by atoms with Crippen molar-refractivity contribution in [3.8, 4) is 0 Å². The zero-order valence-electron chi connectivity index (χ0n) is 17.5. The molecule has 2 aromatic heterocycles. The van der Waals surface area contributed by atoms with Gasteiger partial charge in [0.2, 0.25) is 0 Å². The smallest absolute Gasteiger partial charge is 0.315 e. The van der Waals surface area contributed by atoms with Crippen LogP contribution >= 0.6 is 0 Å². The van der Waals surface area contributed by atoms with Crippen molar-refractivity contribution in [2.24, 2.45) is 0 Å². The largest absolute Gasteiger partial charge is 0.334 e. The Balaban J connectivity index is 1.50. The number of aromatic nitrogens is 3. The minimum atomic E-state index is -0.627. The number of nitrogens with one attached hydrogen (secondary N) is 1. The standard InChI is InChI=1S/C21H30N6O2/c1-4-21(25(2)3)9-15-26(16-10-21)20(29)19(28)23-18-8-14-27(24-18)13-7-17-5-11-22-12-6-17/h5-6,8,11-12,14H,4,7,9-10,13,15-16H2,1-3H3,(H,23,24,28). The fourth-order valence-corrected chi connectivity index (χ4v) is 3.90. The minimum absolute atomic E-state index is 0.112. The van der Waals surface area contributed by atoms with Gasteiger partial charge in [-0.25, -0.2) is 0 Å². The molecule has 8 heteroatoms. The third-order valence-corrected chi connectivity index (χ3v) is 6.04. The normalized spacial score (nSPS) is 16.1. The summed E-state index contributed by atoms with van der Waals surface area (Å²) >= 11 is 0. The van der Waals surface area contributed by atoms with Gasteiger partial charge in [-0.1, -0.05) is 6.92 Å². The van der Waals surface area contributed by atoms with Crippen LogP contribution in [0.5, 0.6) is 0 Å². The van der Waals surface area contributed by atoms with E-state index in [1.54, 1.807) is 34.2 Å². The number of carbonyl (C=O) groups is 2. The van der Waals surface area contributed by atoms with Gasteiger partial charge in [-0.2, -0.15) is 5.10 Å². The van der Waals surface area contributed by atoms with Crippen LogP contribution in [0.15, 0.2) is 36.8 Å². The molecule has 1 N–H and O–H groups in total. The first-order chi connectivity index (χ1) is 13.9. The van der Waals surface area contributed by atoms with Gasteiger partial charge in [0, 0.05) is 49.8 Å². The predicted octanol–water partition coefficient (Wildman–Crippen LogP) is 1.79. The molecule has 0 bridgehead atoms. The van der Waals surface area contributed by atoms with Crippen LogP contribution in [-0.2, 0) is 22.6 Å². The Hall–Kier alpha value is -2.74. The molecular weight excluding hydrogens is 368 g/mol. The average molecular weight is 399 g/mol. The summed E-state index contributed by atoms with van der Waals surface area (Å²) in [5.74, 6) is -0.718. The van der Waals surface area contributed by atoms with Gasteiger partial charge in [-0.05, 0) is 57.5 Å². The molecule has 0 atom stereocenters. The number of likely N-dealkylation sites (tertiary alicyclic amines) is 1. The fraction of sp³-hybridized carbons (Fsp3) is 0.524. The van der Waals surface area contributed by atoms with Crippen LogP contribution < -0.4 is 5.32 Å². The lowest BCUT2D eigenvalue weighted by Gasteiger charge is -2.45. The van der Waals surface area contributed by atoms with Crippen LogP contribution in [0.25, 0.3) is 0 Å². The van der Waals surface area contributed by atoms with E-state index in [0.29, 0.717) is 25.5 Å². The summed E-state index contributed by atoms with van der Waals surface area (Å²) in [6, 6.07) is 5.64. The number of piperidine rings is 1. The van der Waals surface area contributed by atoms with Crippen molar-refractivity contribution in [1.29, 1.82) is 0 Å². The number of hydrogen-bond donors (Lipinski definition) is 1. The van der Waals surface area contributed by atoms with Gasteiger partial charge in [-0.3, -0.25) is 19.3 Å². The van der Waals surface area contributed by atoms with E-state index < -0.39 is 11.8 Å². The molecule has 0 unspecified atom stereocenters. The Morgan fingerprint density at radius 2 is 1.86 bits per heavy atom. The maximum atomic E-state index is 12.5. The number of carbonyl (C=O) groups excluding carboxylic acids is 2. The highest BCUT2D eigenvalue weighted by molar-refractivity contribution is 6.39. The Labute approximate surface area is 171 Å². The van der Waals surface area contributed by atoms with Crippen molar-refractivity contribution in [1.82, 2.24) is 24.6 Å². The molecule has 1 saturated heterocycles. The first kappa shape index (κ1) is 21.0. The van der Waals surface area contributed by atoms with Crippen LogP contribution in [0, 0.1) is 0 Å². The lowest BCUT2D eigenvalue weighted by molar-refractivity contribution is -0.144. The molecular formula is C21H30N6O2. The van der Waals surface area contributed by atoms with E-state index in [0.717, 1.165) is 25.7 Å². The minimum Gasteiger partial charge on any atom is -0.334 e. The van der Waals surface area contributed by atoms with Crippen molar-refractivity contribution in [2.45, 2.75) is 44.7 Å². The first-order valence-corrected chi connectivity index (χ1v) is 10.1. The number of rotatable bonds is 6. The van der Waals surface area contributed by atoms with Crippen molar-refractivity contribution in [2.75, 3.05) is 32.5 Å². The zero-order chi connectivity index (χ0) is 20.9. The first-order valence-electron chi connectivity index (χ1n) is 10.1. The van der Waals surface area contributed by atoms with Gasteiger partial charge in [0.05, 0.1) is 0 Å². The van der Waals surface area contributed by atoms with Crippen LogP contribution in [0.4, 0.5) is 5.82 Å². The van der Waals surface area contributed by atoms with Crippen molar-refractivity contribution < 1.29 is 9.59 Å². The van der Waals surface area contributed by atoms with Crippen LogP contribution in [0.1, 0.15) is 31.7 Å². The fourth-order valence-electron chi connectivity index (χ4n) is 3.90. The molecule has 3 heterocycles. The van der Waals surface area contributed by atoms with E-state index in [1.807, 2.05) is 12.1 Å². The number of pyridine rings is 1. The van der Waals surface area contributed by atoms with Gasteiger partial charge >= 0.3 is 11.8 Å². The summed E-state index contributed by atoms with van der Waals surface area (Å²) in [7, 11) is 4.16. The maximum Gasteiger partial charge on any atom is 0.315 e. The third kappa shape index (κ3) is 5.00. The summed E-state index contributed by atoms with van der Waals surface area (Å²) in [6.07, 6.45) is 8.92. The summed E-state index contributed by atoms with van der Waals surface area (Å²) < 4.78 is 1.76. The molecule has 0 aliphatic carbocycles. The molecule has 0 radical (unpaired) electrons. The van der Waals surface area contributed by atoms with Crippen LogP contribution in [0.3, 0.4) is 0 Å². The van der Waals surface area contributed by atoms with Crippen LogP contribution in [0.2, 0.25) is 0 Å².